The van der Waals surface area contributed by atoms with Gasteiger partial charge in [-0.15, -0.1) is 11.3 Å². The number of pyridine rings is 1. The van der Waals surface area contributed by atoms with E-state index in [1.807, 2.05) is 29.6 Å². The molecule has 3 aromatic rings. The van der Waals surface area contributed by atoms with Crippen molar-refractivity contribution in [3.63, 3.8) is 0 Å². The Labute approximate surface area is 126 Å². The average molecular weight is 295 g/mol. The first-order chi connectivity index (χ1) is 10.2. The number of carbonyl (C=O) groups is 2. The number of ketones is 2. The van der Waals surface area contributed by atoms with Crippen molar-refractivity contribution in [3.05, 3.63) is 65.3 Å². The highest BCUT2D eigenvalue weighted by Gasteiger charge is 2.12. The number of Topliss-reactive ketones (excluding diaryl/α,β-unsaturated/α-hetero) is 2. The zero-order valence-corrected chi connectivity index (χ0v) is 12.1. The molecule has 0 bridgehead atoms. The van der Waals surface area contributed by atoms with E-state index in [-0.39, 0.29) is 24.4 Å². The molecule has 0 amide bonds. The molecule has 2 heterocycles. The summed E-state index contributed by atoms with van der Waals surface area (Å²) in [5.41, 5.74) is 1.08. The van der Waals surface area contributed by atoms with Gasteiger partial charge in [0.25, 0.3) is 0 Å². The van der Waals surface area contributed by atoms with E-state index in [9.17, 15) is 9.59 Å². The number of nitrogens with zero attached hydrogens (tertiary/aromatic N) is 1. The van der Waals surface area contributed by atoms with Gasteiger partial charge in [-0.1, -0.05) is 6.07 Å². The van der Waals surface area contributed by atoms with Crippen LogP contribution in [0.25, 0.3) is 10.1 Å². The van der Waals surface area contributed by atoms with Crippen molar-refractivity contribution < 1.29 is 9.59 Å². The van der Waals surface area contributed by atoms with Gasteiger partial charge in [-0.25, -0.2) is 0 Å². The minimum atomic E-state index is -0.0967. The van der Waals surface area contributed by atoms with Gasteiger partial charge in [0.2, 0.25) is 0 Å². The van der Waals surface area contributed by atoms with Gasteiger partial charge >= 0.3 is 0 Å². The molecule has 3 rings (SSSR count). The van der Waals surface area contributed by atoms with Crippen LogP contribution in [0.1, 0.15) is 33.7 Å². The molecule has 104 valence electrons. The summed E-state index contributed by atoms with van der Waals surface area (Å²) >= 11 is 1.65. The summed E-state index contributed by atoms with van der Waals surface area (Å²) in [7, 11) is 0. The fraction of sp³-hybridized carbons (Fsp3) is 0.118. The molecule has 0 atom stereocenters. The fourth-order valence-corrected chi connectivity index (χ4v) is 2.94. The fourth-order valence-electron chi connectivity index (χ4n) is 2.17. The maximum Gasteiger partial charge on any atom is 0.181 e. The number of fused-ring (bicyclic) bond motifs is 1. The van der Waals surface area contributed by atoms with Crippen molar-refractivity contribution in [3.8, 4) is 0 Å². The quantitative estimate of drug-likeness (QED) is 0.664. The molecule has 2 aromatic heterocycles. The van der Waals surface area contributed by atoms with E-state index in [0.717, 1.165) is 10.1 Å². The van der Waals surface area contributed by atoms with Gasteiger partial charge in [-0.2, -0.15) is 0 Å². The monoisotopic (exact) mass is 295 g/mol. The maximum atomic E-state index is 12.2. The second-order valence-electron chi connectivity index (χ2n) is 4.73. The van der Waals surface area contributed by atoms with Crippen LogP contribution in [0, 0.1) is 0 Å². The van der Waals surface area contributed by atoms with E-state index in [1.165, 1.54) is 0 Å². The minimum Gasteiger partial charge on any atom is -0.294 e. The topological polar surface area (TPSA) is 47.0 Å². The Morgan fingerprint density at radius 2 is 1.86 bits per heavy atom. The van der Waals surface area contributed by atoms with E-state index >= 15 is 0 Å². The molecule has 4 heteroatoms. The van der Waals surface area contributed by atoms with Crippen molar-refractivity contribution >= 4 is 33.0 Å². The highest BCUT2D eigenvalue weighted by atomic mass is 32.1. The van der Waals surface area contributed by atoms with Crippen molar-refractivity contribution in [2.45, 2.75) is 12.8 Å². The second kappa shape index (κ2) is 5.97. The Kier molecular flexibility index (Phi) is 3.88. The van der Waals surface area contributed by atoms with Crippen molar-refractivity contribution in [1.29, 1.82) is 0 Å². The Hall–Kier alpha value is -2.33. The zero-order chi connectivity index (χ0) is 14.7. The van der Waals surface area contributed by atoms with Crippen LogP contribution in [0.2, 0.25) is 0 Å². The van der Waals surface area contributed by atoms with Gasteiger partial charge in [0.05, 0.1) is 0 Å². The van der Waals surface area contributed by atoms with Gasteiger partial charge in [-0.3, -0.25) is 14.6 Å². The lowest BCUT2D eigenvalue weighted by atomic mass is 10.0. The summed E-state index contributed by atoms with van der Waals surface area (Å²) in [6.07, 6.45) is 1.99. The Bertz CT molecular complexity index is 793. The molecule has 0 radical (unpaired) electrons. The third-order valence-electron chi connectivity index (χ3n) is 3.30. The number of carbonyl (C=O) groups excluding carboxylic acids is 2. The summed E-state index contributed by atoms with van der Waals surface area (Å²) in [5.74, 6) is -0.104. The molecule has 0 spiro atoms. The predicted molar refractivity (Wildman–Crippen MR) is 84.0 cm³/mol. The average Bonchev–Trinajstić information content (AvgIpc) is 3.00. The molecule has 0 fully saturated rings. The normalized spacial score (nSPS) is 10.7. The van der Waals surface area contributed by atoms with Crippen molar-refractivity contribution in [1.82, 2.24) is 4.98 Å². The molecule has 0 aliphatic carbocycles. The van der Waals surface area contributed by atoms with E-state index in [2.05, 4.69) is 4.98 Å². The Balaban J connectivity index is 1.67. The Morgan fingerprint density at radius 3 is 2.67 bits per heavy atom. The molecule has 0 unspecified atom stereocenters. The van der Waals surface area contributed by atoms with E-state index in [1.54, 1.807) is 35.7 Å². The molecule has 3 nitrogen and oxygen atoms in total. The first kappa shape index (κ1) is 13.6. The summed E-state index contributed by atoms with van der Waals surface area (Å²) in [4.78, 5) is 28.1. The maximum absolute atomic E-state index is 12.2. The summed E-state index contributed by atoms with van der Waals surface area (Å²) < 4.78 is 1.16. The molecule has 1 aromatic carbocycles. The van der Waals surface area contributed by atoms with Gasteiger partial charge in [-0.05, 0) is 47.2 Å². The van der Waals surface area contributed by atoms with Gasteiger partial charge in [0.1, 0.15) is 5.69 Å². The number of thiophene rings is 1. The lowest BCUT2D eigenvalue weighted by Gasteiger charge is -2.02. The predicted octanol–water partition coefficient (Wildman–Crippen LogP) is 4.14. The number of hydrogen-bond acceptors (Lipinski definition) is 4. The van der Waals surface area contributed by atoms with Crippen LogP contribution in [0.3, 0.4) is 0 Å². The van der Waals surface area contributed by atoms with Gasteiger partial charge in [0.15, 0.2) is 11.6 Å². The van der Waals surface area contributed by atoms with Gasteiger partial charge < -0.3 is 0 Å². The van der Waals surface area contributed by atoms with Crippen LogP contribution >= 0.6 is 11.3 Å². The van der Waals surface area contributed by atoms with E-state index < -0.39 is 0 Å². The van der Waals surface area contributed by atoms with E-state index in [0.29, 0.717) is 11.3 Å². The number of aromatic nitrogens is 1. The molecule has 21 heavy (non-hydrogen) atoms. The highest BCUT2D eigenvalue weighted by Crippen LogP contribution is 2.22. The lowest BCUT2D eigenvalue weighted by molar-refractivity contribution is 0.0915. The molecule has 0 saturated heterocycles. The van der Waals surface area contributed by atoms with Crippen molar-refractivity contribution in [2.75, 3.05) is 0 Å². The highest BCUT2D eigenvalue weighted by molar-refractivity contribution is 7.17. The zero-order valence-electron chi connectivity index (χ0n) is 11.3. The van der Waals surface area contributed by atoms with Crippen LogP contribution in [-0.2, 0) is 0 Å². The van der Waals surface area contributed by atoms with Crippen molar-refractivity contribution in [2.24, 2.45) is 0 Å². The standard InChI is InChI=1S/C17H13NO2S/c19-15(5-6-16(20)14-3-1-2-9-18-14)12-4-7-17-13(11-12)8-10-21-17/h1-4,7-11H,5-6H2. The number of hydrogen-bond donors (Lipinski definition) is 0. The summed E-state index contributed by atoms with van der Waals surface area (Å²) in [5, 5.41) is 3.07. The third-order valence-corrected chi connectivity index (χ3v) is 4.20. The van der Waals surface area contributed by atoms with Crippen LogP contribution < -0.4 is 0 Å². The van der Waals surface area contributed by atoms with E-state index in [4.69, 9.17) is 0 Å². The van der Waals surface area contributed by atoms with Crippen LogP contribution in [0.15, 0.2) is 54.0 Å². The lowest BCUT2D eigenvalue weighted by Crippen LogP contribution is -2.06. The number of rotatable bonds is 5. The minimum absolute atomic E-state index is 0.00705. The molecular weight excluding hydrogens is 282 g/mol. The number of benzene rings is 1. The summed E-state index contributed by atoms with van der Waals surface area (Å²) in [6.45, 7) is 0. The molecule has 0 aliphatic heterocycles. The SMILES string of the molecule is O=C(CCC(=O)c1ccccn1)c1ccc2sccc2c1. The smallest absolute Gasteiger partial charge is 0.181 e. The first-order valence-electron chi connectivity index (χ1n) is 6.69. The first-order valence-corrected chi connectivity index (χ1v) is 7.57. The third kappa shape index (κ3) is 3.06. The molecular formula is C17H13NO2S. The Morgan fingerprint density at radius 1 is 1.00 bits per heavy atom. The molecule has 0 N–H and O–H groups in total. The van der Waals surface area contributed by atoms with Gasteiger partial charge in [0, 0.05) is 29.3 Å². The largest absolute Gasteiger partial charge is 0.294 e. The summed E-state index contributed by atoms with van der Waals surface area (Å²) in [6, 6.07) is 12.9. The second-order valence-corrected chi connectivity index (χ2v) is 5.68. The van der Waals surface area contributed by atoms with Crippen LogP contribution in [-0.4, -0.2) is 16.6 Å². The molecule has 0 aliphatic rings. The van der Waals surface area contributed by atoms with Crippen LogP contribution in [0.4, 0.5) is 0 Å². The molecule has 0 saturated carbocycles. The van der Waals surface area contributed by atoms with Crippen LogP contribution in [0.5, 0.6) is 0 Å².